The molecule has 0 saturated heterocycles. The van der Waals surface area contributed by atoms with Crippen molar-refractivity contribution in [2.45, 2.75) is 50.1 Å². The Bertz CT molecular complexity index is 1770. The van der Waals surface area contributed by atoms with Crippen LogP contribution in [0.15, 0.2) is 77.6 Å². The molecule has 8 rings (SSSR count). The summed E-state index contributed by atoms with van der Waals surface area (Å²) in [5.74, 6) is 0.250. The molecule has 42 heavy (non-hydrogen) atoms. The van der Waals surface area contributed by atoms with Crippen molar-refractivity contribution in [1.82, 2.24) is 9.88 Å². The second-order valence-corrected chi connectivity index (χ2v) is 12.9. The van der Waals surface area contributed by atoms with Gasteiger partial charge >= 0.3 is 5.97 Å². The lowest BCUT2D eigenvalue weighted by atomic mass is 9.51. The predicted octanol–water partition coefficient (Wildman–Crippen LogP) is 5.57. The van der Waals surface area contributed by atoms with Crippen LogP contribution < -0.4 is 16.5 Å². The first-order valence-electron chi connectivity index (χ1n) is 14.5. The quantitative estimate of drug-likeness (QED) is 0.275. The van der Waals surface area contributed by atoms with E-state index in [1.807, 2.05) is 18.2 Å². The molecule has 4 saturated carbocycles. The fourth-order valence-corrected chi connectivity index (χ4v) is 8.34. The topological polar surface area (TPSA) is 114 Å². The number of carboxylic acid groups (broad SMARTS) is 1. The molecule has 8 heteroatoms. The summed E-state index contributed by atoms with van der Waals surface area (Å²) in [6.07, 6.45) is 5.46. The summed E-state index contributed by atoms with van der Waals surface area (Å²) in [5, 5.41) is 14.5. The van der Waals surface area contributed by atoms with Crippen molar-refractivity contribution in [1.29, 1.82) is 0 Å². The molecular weight excluding hydrogens is 550 g/mol. The highest BCUT2D eigenvalue weighted by Gasteiger charge is 2.54. The monoisotopic (exact) mass is 581 g/mol. The maximum Gasteiger partial charge on any atom is 0.353 e. The summed E-state index contributed by atoms with van der Waals surface area (Å²) in [6.45, 7) is 0. The zero-order valence-corrected chi connectivity index (χ0v) is 23.8. The van der Waals surface area contributed by atoms with Crippen LogP contribution in [0.4, 0.5) is 0 Å². The fourth-order valence-electron chi connectivity index (χ4n) is 8.18. The molecule has 0 aliphatic heterocycles. The number of carbonyl (C=O) groups excluding carboxylic acids is 1. The number of para-hydroxylation sites is 1. The lowest BCUT2D eigenvalue weighted by molar-refractivity contribution is -0.0278. The number of carbonyl (C=O) groups is 2. The molecule has 2 unspecified atom stereocenters. The molecular formula is C34H32ClN3O4. The molecule has 4 fully saturated rings. The minimum absolute atomic E-state index is 0.0533. The van der Waals surface area contributed by atoms with Crippen LogP contribution in [0.3, 0.4) is 0 Å². The highest BCUT2D eigenvalue weighted by atomic mass is 35.5. The van der Waals surface area contributed by atoms with E-state index in [1.165, 1.54) is 0 Å². The summed E-state index contributed by atoms with van der Waals surface area (Å²) < 4.78 is 1.58. The van der Waals surface area contributed by atoms with Crippen LogP contribution in [-0.4, -0.2) is 33.1 Å². The van der Waals surface area contributed by atoms with Gasteiger partial charge in [-0.1, -0.05) is 41.9 Å². The number of benzene rings is 3. The van der Waals surface area contributed by atoms with E-state index in [9.17, 15) is 19.5 Å². The van der Waals surface area contributed by atoms with Gasteiger partial charge in [0.15, 0.2) is 5.43 Å². The Kier molecular flexibility index (Phi) is 6.48. The summed E-state index contributed by atoms with van der Waals surface area (Å²) in [7, 11) is 0. The second-order valence-electron chi connectivity index (χ2n) is 12.5. The molecule has 1 amide bonds. The largest absolute Gasteiger partial charge is 0.477 e. The number of halogens is 1. The molecule has 1 aromatic heterocycles. The number of hydrogen-bond acceptors (Lipinski definition) is 4. The lowest BCUT2D eigenvalue weighted by Gasteiger charge is -2.58. The Morgan fingerprint density at radius 2 is 1.67 bits per heavy atom. The standard InChI is InChI=1S/C34H32ClN3O4/c35-24-10-11-26-28(15-24)38(25-4-2-1-3-5-25)30(33(41)42)27(31(26)39)14-19-6-8-21(9-7-19)32(40)37-29-22-12-20-13-23(29)18-34(36,16-20)17-22/h1-11,15,20,22-23,29H,12-14,16-18,36H2,(H,37,40)(H,41,42). The summed E-state index contributed by atoms with van der Waals surface area (Å²) in [6, 6.07) is 21.2. The molecule has 4 N–H and O–H groups in total. The minimum Gasteiger partial charge on any atom is -0.477 e. The number of nitrogens with one attached hydrogen (secondary N) is 1. The van der Waals surface area contributed by atoms with Gasteiger partial charge in [-0.25, -0.2) is 4.79 Å². The van der Waals surface area contributed by atoms with Crippen molar-refractivity contribution in [2.75, 3.05) is 0 Å². The zero-order valence-electron chi connectivity index (χ0n) is 23.1. The lowest BCUT2D eigenvalue weighted by Crippen LogP contribution is -2.64. The van der Waals surface area contributed by atoms with E-state index in [-0.39, 0.29) is 40.6 Å². The van der Waals surface area contributed by atoms with Crippen LogP contribution >= 0.6 is 11.6 Å². The number of rotatable bonds is 6. The van der Waals surface area contributed by atoms with Crippen LogP contribution in [0.2, 0.25) is 5.02 Å². The number of nitrogens with zero attached hydrogens (tertiary/aromatic N) is 1. The third kappa shape index (κ3) is 4.61. The average molecular weight is 582 g/mol. The normalized spacial score (nSPS) is 26.0. The number of nitrogens with two attached hydrogens (primary N) is 1. The van der Waals surface area contributed by atoms with Gasteiger partial charge in [0, 0.05) is 45.2 Å². The second kappa shape index (κ2) is 10.1. The molecule has 4 bridgehead atoms. The van der Waals surface area contributed by atoms with E-state index in [4.69, 9.17) is 17.3 Å². The SMILES string of the molecule is NC12CC3CC(C1)C(NC(=O)c1ccc(Cc4c(C(=O)O)n(-c5ccccc5)c5cc(Cl)ccc5c4=O)cc1)C(C3)C2. The Morgan fingerprint density at radius 1 is 0.976 bits per heavy atom. The van der Waals surface area contributed by atoms with Crippen molar-refractivity contribution in [3.05, 3.63) is 110 Å². The Labute approximate surface area is 248 Å². The van der Waals surface area contributed by atoms with Crippen LogP contribution in [0, 0.1) is 17.8 Å². The van der Waals surface area contributed by atoms with Gasteiger partial charge in [-0.05, 0) is 97.9 Å². The van der Waals surface area contributed by atoms with Crippen molar-refractivity contribution in [3.8, 4) is 5.69 Å². The molecule has 214 valence electrons. The van der Waals surface area contributed by atoms with Gasteiger partial charge in [0.1, 0.15) is 5.69 Å². The first kappa shape index (κ1) is 26.9. The molecule has 2 atom stereocenters. The number of aromatic nitrogens is 1. The van der Waals surface area contributed by atoms with E-state index in [2.05, 4.69) is 5.32 Å². The van der Waals surface area contributed by atoms with Gasteiger partial charge in [0.2, 0.25) is 0 Å². The van der Waals surface area contributed by atoms with E-state index < -0.39 is 5.97 Å². The maximum atomic E-state index is 13.7. The van der Waals surface area contributed by atoms with Crippen molar-refractivity contribution in [2.24, 2.45) is 23.5 Å². The third-order valence-corrected chi connectivity index (χ3v) is 9.90. The highest BCUT2D eigenvalue weighted by Crippen LogP contribution is 2.54. The van der Waals surface area contributed by atoms with Crippen molar-refractivity contribution >= 4 is 34.4 Å². The summed E-state index contributed by atoms with van der Waals surface area (Å²) >= 11 is 6.27. The number of fused-ring (bicyclic) bond motifs is 1. The molecule has 0 spiro atoms. The van der Waals surface area contributed by atoms with Crippen LogP contribution in [0.5, 0.6) is 0 Å². The minimum atomic E-state index is -1.21. The molecule has 4 aliphatic carbocycles. The number of aromatic carboxylic acids is 1. The number of pyridine rings is 1. The first-order valence-corrected chi connectivity index (χ1v) is 14.9. The van der Waals surface area contributed by atoms with Gasteiger partial charge in [-0.3, -0.25) is 9.59 Å². The summed E-state index contributed by atoms with van der Waals surface area (Å²) in [4.78, 5) is 39.7. The molecule has 3 aromatic carbocycles. The molecule has 0 radical (unpaired) electrons. The first-order chi connectivity index (χ1) is 20.2. The number of amides is 1. The van der Waals surface area contributed by atoms with Gasteiger partial charge in [0.25, 0.3) is 5.91 Å². The van der Waals surface area contributed by atoms with Crippen molar-refractivity contribution in [3.63, 3.8) is 0 Å². The maximum absolute atomic E-state index is 13.7. The molecule has 1 heterocycles. The predicted molar refractivity (Wildman–Crippen MR) is 162 cm³/mol. The van der Waals surface area contributed by atoms with Crippen LogP contribution in [-0.2, 0) is 6.42 Å². The number of hydrogen-bond donors (Lipinski definition) is 3. The smallest absolute Gasteiger partial charge is 0.353 e. The van der Waals surface area contributed by atoms with E-state index in [0.29, 0.717) is 44.9 Å². The van der Waals surface area contributed by atoms with Crippen molar-refractivity contribution < 1.29 is 14.7 Å². The Balaban J connectivity index is 1.20. The number of carboxylic acids is 1. The molecule has 7 nitrogen and oxygen atoms in total. The molecule has 4 aliphatic rings. The Morgan fingerprint density at radius 3 is 2.31 bits per heavy atom. The van der Waals surface area contributed by atoms with Gasteiger partial charge in [0.05, 0.1) is 5.52 Å². The van der Waals surface area contributed by atoms with E-state index >= 15 is 0 Å². The van der Waals surface area contributed by atoms with Gasteiger partial charge < -0.3 is 20.7 Å². The third-order valence-electron chi connectivity index (χ3n) is 9.66. The highest BCUT2D eigenvalue weighted by molar-refractivity contribution is 6.31. The van der Waals surface area contributed by atoms with Crippen LogP contribution in [0.25, 0.3) is 16.6 Å². The van der Waals surface area contributed by atoms with Gasteiger partial charge in [-0.15, -0.1) is 0 Å². The zero-order chi connectivity index (χ0) is 29.2. The van der Waals surface area contributed by atoms with E-state index in [0.717, 1.165) is 37.7 Å². The Hall–Kier alpha value is -3.94. The molecule has 4 aromatic rings. The fraction of sp³-hybridized carbons (Fsp3) is 0.324. The van der Waals surface area contributed by atoms with Crippen LogP contribution in [0.1, 0.15) is 64.1 Å². The average Bonchev–Trinajstić information content (AvgIpc) is 2.96. The summed E-state index contributed by atoms with van der Waals surface area (Å²) in [5.41, 5.74) is 8.62. The van der Waals surface area contributed by atoms with E-state index in [1.54, 1.807) is 59.2 Å². The van der Waals surface area contributed by atoms with Gasteiger partial charge in [-0.2, -0.15) is 0 Å².